The van der Waals surface area contributed by atoms with Gasteiger partial charge in [0.1, 0.15) is 11.6 Å². The Morgan fingerprint density at radius 3 is 2.79 bits per heavy atom. The maximum absolute atomic E-state index is 5.92. The normalized spacial score (nSPS) is 10.3. The molecule has 2 rings (SSSR count). The number of aromatic nitrogens is 3. The Labute approximate surface area is 136 Å². The smallest absolute Gasteiger partial charge is 0.225 e. The van der Waals surface area contributed by atoms with Crippen LogP contribution in [0.1, 0.15) is 22.0 Å². The van der Waals surface area contributed by atoms with Crippen molar-refractivity contribution in [3.63, 3.8) is 0 Å². The fourth-order valence-corrected chi connectivity index (χ4v) is 3.40. The van der Waals surface area contributed by atoms with Crippen LogP contribution in [0.25, 0.3) is 0 Å². The van der Waals surface area contributed by atoms with Crippen LogP contribution < -0.4 is 27.3 Å². The first-order chi connectivity index (χ1) is 8.61. The summed E-state index contributed by atoms with van der Waals surface area (Å²) in [6, 6.07) is 0. The second-order valence-corrected chi connectivity index (χ2v) is 5.86. The molecule has 0 atom stereocenters. The molecule has 0 radical (unpaired) electrons. The van der Waals surface area contributed by atoms with Crippen LogP contribution in [0.5, 0.6) is 0 Å². The fourth-order valence-electron chi connectivity index (χ4n) is 1.75. The molecule has 0 aliphatic rings. The van der Waals surface area contributed by atoms with Crippen LogP contribution in [0.2, 0.25) is 0 Å². The topological polar surface area (TPSA) is 55.7 Å². The second-order valence-electron chi connectivity index (χ2n) is 4.13. The molecule has 0 unspecified atom stereocenters. The molecule has 2 N–H and O–H groups in total. The van der Waals surface area contributed by atoms with Crippen molar-refractivity contribution < 1.29 is 21.5 Å². The van der Waals surface area contributed by atoms with Crippen LogP contribution in [-0.2, 0) is 13.0 Å². The number of halogens is 2. The molecule has 0 aliphatic carbocycles. The van der Waals surface area contributed by atoms with Crippen molar-refractivity contribution in [1.82, 2.24) is 9.97 Å². The molecule has 0 spiro atoms. The van der Waals surface area contributed by atoms with Crippen molar-refractivity contribution in [2.24, 2.45) is 0 Å². The van der Waals surface area contributed by atoms with E-state index in [9.17, 15) is 0 Å². The van der Waals surface area contributed by atoms with Crippen LogP contribution in [0.15, 0.2) is 11.7 Å². The Kier molecular flexibility index (Phi) is 6.35. The van der Waals surface area contributed by atoms with Crippen molar-refractivity contribution in [1.29, 1.82) is 0 Å². The number of aryl methyl sites for hydroxylation is 2. The Morgan fingerprint density at radius 2 is 2.16 bits per heavy atom. The lowest BCUT2D eigenvalue weighted by Crippen LogP contribution is -3.00. The summed E-state index contributed by atoms with van der Waals surface area (Å²) in [5, 5.41) is 0.990. The quantitative estimate of drug-likeness (QED) is 0.523. The van der Waals surface area contributed by atoms with Gasteiger partial charge in [-0.3, -0.25) is 0 Å². The highest BCUT2D eigenvalue weighted by Gasteiger charge is 2.16. The zero-order chi connectivity index (χ0) is 13.1. The van der Waals surface area contributed by atoms with Gasteiger partial charge in [0, 0.05) is 18.5 Å². The van der Waals surface area contributed by atoms with Crippen LogP contribution in [0.4, 0.5) is 5.82 Å². The van der Waals surface area contributed by atoms with E-state index in [4.69, 9.17) is 5.73 Å². The van der Waals surface area contributed by atoms with E-state index in [0.29, 0.717) is 11.6 Å². The van der Waals surface area contributed by atoms with Gasteiger partial charge in [0.2, 0.25) is 5.51 Å². The van der Waals surface area contributed by atoms with Crippen LogP contribution >= 0.6 is 27.3 Å². The maximum atomic E-state index is 5.92. The Morgan fingerprint density at radius 1 is 1.42 bits per heavy atom. The summed E-state index contributed by atoms with van der Waals surface area (Å²) < 4.78 is 2.20. The van der Waals surface area contributed by atoms with Crippen molar-refractivity contribution in [3.05, 3.63) is 33.7 Å². The lowest BCUT2D eigenvalue weighted by molar-refractivity contribution is -0.689. The Bertz CT molecular complexity index is 557. The van der Waals surface area contributed by atoms with E-state index < -0.39 is 0 Å². The van der Waals surface area contributed by atoms with Gasteiger partial charge in [-0.05, 0) is 13.3 Å². The number of thiazole rings is 1. The standard InChI is InChI=1S/C12H16BrN4S.BrH/c1-8-11(3-4-13)18-7-17(8)6-10-5-15-9(2)16-12(10)14;/h5,7H,3-4,6H2,1-2H3,(H2,14,15,16);1H/q+1;/p-1. The maximum Gasteiger partial charge on any atom is 0.225 e. The molecule has 2 aromatic rings. The third kappa shape index (κ3) is 3.97. The first kappa shape index (κ1) is 16.5. The van der Waals surface area contributed by atoms with Gasteiger partial charge in [-0.1, -0.05) is 27.3 Å². The Balaban J connectivity index is 0.00000180. The van der Waals surface area contributed by atoms with E-state index in [1.54, 1.807) is 11.3 Å². The largest absolute Gasteiger partial charge is 1.00 e. The number of nitrogen functional groups attached to an aromatic ring is 1. The highest BCUT2D eigenvalue weighted by atomic mass is 79.9. The molecule has 0 fully saturated rings. The fraction of sp³-hybridized carbons (Fsp3) is 0.417. The molecule has 0 bridgehead atoms. The Hall–Kier alpha value is -0.530. The first-order valence-electron chi connectivity index (χ1n) is 5.72. The molecule has 0 saturated heterocycles. The van der Waals surface area contributed by atoms with Gasteiger partial charge in [-0.15, -0.1) is 0 Å². The molecule has 19 heavy (non-hydrogen) atoms. The summed E-state index contributed by atoms with van der Waals surface area (Å²) in [6.07, 6.45) is 2.87. The van der Waals surface area contributed by atoms with E-state index in [1.807, 2.05) is 13.1 Å². The van der Waals surface area contributed by atoms with Gasteiger partial charge in [0.15, 0.2) is 12.2 Å². The zero-order valence-electron chi connectivity index (χ0n) is 10.9. The summed E-state index contributed by atoms with van der Waals surface area (Å²) in [4.78, 5) is 9.79. The minimum atomic E-state index is 0. The van der Waals surface area contributed by atoms with Gasteiger partial charge in [0.05, 0.1) is 10.4 Å². The molecule has 104 valence electrons. The van der Waals surface area contributed by atoms with Gasteiger partial charge in [-0.2, -0.15) is 4.57 Å². The predicted octanol–water partition coefficient (Wildman–Crippen LogP) is -0.986. The number of alkyl halides is 1. The third-order valence-corrected chi connectivity index (χ3v) is 4.38. The number of hydrogen-bond donors (Lipinski definition) is 1. The number of rotatable bonds is 4. The van der Waals surface area contributed by atoms with Gasteiger partial charge in [-0.25, -0.2) is 9.97 Å². The molecule has 2 heterocycles. The molecule has 2 aromatic heterocycles. The number of hydrogen-bond acceptors (Lipinski definition) is 4. The number of nitrogens with two attached hydrogens (primary N) is 1. The van der Waals surface area contributed by atoms with E-state index >= 15 is 0 Å². The predicted molar refractivity (Wildman–Crippen MR) is 77.0 cm³/mol. The van der Waals surface area contributed by atoms with Crippen molar-refractivity contribution >= 4 is 33.1 Å². The van der Waals surface area contributed by atoms with Crippen LogP contribution in [0.3, 0.4) is 0 Å². The SMILES string of the molecule is Cc1ncc(C[n+]2csc(CCBr)c2C)c(N)n1.[Br-]. The van der Waals surface area contributed by atoms with Gasteiger partial charge >= 0.3 is 0 Å². The summed E-state index contributed by atoms with van der Waals surface area (Å²) in [6.45, 7) is 4.72. The second kappa shape index (κ2) is 7.31. The van der Waals surface area contributed by atoms with Crippen molar-refractivity contribution in [3.8, 4) is 0 Å². The van der Waals surface area contributed by atoms with Crippen LogP contribution in [-0.4, -0.2) is 15.3 Å². The summed E-state index contributed by atoms with van der Waals surface area (Å²) in [7, 11) is 0. The summed E-state index contributed by atoms with van der Waals surface area (Å²) in [5.74, 6) is 1.28. The number of anilines is 1. The van der Waals surface area contributed by atoms with Crippen LogP contribution in [0, 0.1) is 13.8 Å². The summed E-state index contributed by atoms with van der Waals surface area (Å²) >= 11 is 5.25. The van der Waals surface area contributed by atoms with E-state index in [0.717, 1.165) is 23.9 Å². The average Bonchev–Trinajstić information content (AvgIpc) is 2.66. The third-order valence-electron chi connectivity index (χ3n) is 2.84. The zero-order valence-corrected chi connectivity index (χ0v) is 14.8. The van der Waals surface area contributed by atoms with E-state index in [2.05, 4.69) is 42.9 Å². The minimum absolute atomic E-state index is 0. The minimum Gasteiger partial charge on any atom is -1.00 e. The molecular formula is C12H16Br2N4S. The average molecular weight is 408 g/mol. The van der Waals surface area contributed by atoms with Crippen molar-refractivity contribution in [2.45, 2.75) is 26.8 Å². The molecular weight excluding hydrogens is 392 g/mol. The highest BCUT2D eigenvalue weighted by Crippen LogP contribution is 2.14. The van der Waals surface area contributed by atoms with Gasteiger partial charge < -0.3 is 22.7 Å². The lowest BCUT2D eigenvalue weighted by Gasteiger charge is -2.01. The monoisotopic (exact) mass is 406 g/mol. The van der Waals surface area contributed by atoms with E-state index in [-0.39, 0.29) is 17.0 Å². The van der Waals surface area contributed by atoms with Gasteiger partial charge in [0.25, 0.3) is 0 Å². The van der Waals surface area contributed by atoms with Crippen molar-refractivity contribution in [2.75, 3.05) is 11.1 Å². The molecule has 7 heteroatoms. The molecule has 0 aliphatic heterocycles. The molecule has 0 amide bonds. The molecule has 0 aromatic carbocycles. The molecule has 4 nitrogen and oxygen atoms in total. The number of nitrogens with zero attached hydrogens (tertiary/aromatic N) is 3. The highest BCUT2D eigenvalue weighted by molar-refractivity contribution is 9.09. The lowest BCUT2D eigenvalue weighted by atomic mass is 10.2. The molecule has 0 saturated carbocycles. The first-order valence-corrected chi connectivity index (χ1v) is 7.72. The summed E-state index contributed by atoms with van der Waals surface area (Å²) in [5.41, 5.74) is 10.3. The van der Waals surface area contributed by atoms with E-state index in [1.165, 1.54) is 10.6 Å².